The van der Waals surface area contributed by atoms with E-state index in [0.717, 1.165) is 24.9 Å². The van der Waals surface area contributed by atoms with Gasteiger partial charge in [-0.2, -0.15) is 0 Å². The van der Waals surface area contributed by atoms with Crippen molar-refractivity contribution in [1.82, 2.24) is 9.62 Å². The van der Waals surface area contributed by atoms with Crippen molar-refractivity contribution in [1.29, 1.82) is 0 Å². The molecule has 2 aromatic carbocycles. The van der Waals surface area contributed by atoms with E-state index in [9.17, 15) is 13.2 Å². The largest absolute Gasteiger partial charge is 0.332 e. The summed E-state index contributed by atoms with van der Waals surface area (Å²) < 4.78 is 25.8. The Kier molecular flexibility index (Phi) is 4.69. The Hall–Kier alpha value is -2.18. The minimum Gasteiger partial charge on any atom is -0.332 e. The van der Waals surface area contributed by atoms with Gasteiger partial charge in [-0.25, -0.2) is 13.1 Å². The fourth-order valence-corrected chi connectivity index (χ4v) is 3.82. The van der Waals surface area contributed by atoms with E-state index in [2.05, 4.69) is 4.72 Å². The predicted molar refractivity (Wildman–Crippen MR) is 92.1 cm³/mol. The number of hydrogen-bond acceptors (Lipinski definition) is 3. The van der Waals surface area contributed by atoms with Crippen LogP contribution in [0.2, 0.25) is 0 Å². The Morgan fingerprint density at radius 2 is 1.75 bits per heavy atom. The van der Waals surface area contributed by atoms with Crippen molar-refractivity contribution in [2.24, 2.45) is 0 Å². The Morgan fingerprint density at radius 3 is 2.38 bits per heavy atom. The summed E-state index contributed by atoms with van der Waals surface area (Å²) in [6.45, 7) is 0.717. The van der Waals surface area contributed by atoms with Crippen molar-refractivity contribution < 1.29 is 13.2 Å². The summed E-state index contributed by atoms with van der Waals surface area (Å²) in [5.41, 5.74) is 1.64. The zero-order valence-electron chi connectivity index (χ0n) is 13.5. The Balaban J connectivity index is 1.83. The van der Waals surface area contributed by atoms with Gasteiger partial charge in [-0.1, -0.05) is 30.3 Å². The lowest BCUT2D eigenvalue weighted by atomic mass is 10.0. The van der Waals surface area contributed by atoms with Crippen molar-refractivity contribution in [3.63, 3.8) is 0 Å². The van der Waals surface area contributed by atoms with Crippen molar-refractivity contribution in [3.8, 4) is 0 Å². The second-order valence-electron chi connectivity index (χ2n) is 5.80. The number of likely N-dealkylation sites (tertiary alicyclic amines) is 1. The van der Waals surface area contributed by atoms with Crippen molar-refractivity contribution in [3.05, 3.63) is 65.7 Å². The summed E-state index contributed by atoms with van der Waals surface area (Å²) >= 11 is 0. The van der Waals surface area contributed by atoms with Gasteiger partial charge in [0.05, 0.1) is 10.9 Å². The standard InChI is InChI=1S/C18H20N2O3S/c1-19-24(22,23)16-11-9-15(10-12-16)18(21)20-13-5-8-17(20)14-6-3-2-4-7-14/h2-4,6-7,9-12,17,19H,5,8,13H2,1H3. The molecule has 1 aliphatic heterocycles. The number of carbonyl (C=O) groups excluding carboxylic acids is 1. The van der Waals surface area contributed by atoms with Crippen LogP contribution in [-0.4, -0.2) is 32.8 Å². The summed E-state index contributed by atoms with van der Waals surface area (Å²) in [6, 6.07) is 16.2. The normalized spacial score (nSPS) is 17.9. The molecule has 1 fully saturated rings. The van der Waals surface area contributed by atoms with E-state index in [1.165, 1.54) is 19.2 Å². The van der Waals surface area contributed by atoms with Gasteiger partial charge in [0.15, 0.2) is 0 Å². The van der Waals surface area contributed by atoms with Gasteiger partial charge in [-0.3, -0.25) is 4.79 Å². The number of nitrogens with one attached hydrogen (secondary N) is 1. The highest BCUT2D eigenvalue weighted by Crippen LogP contribution is 2.33. The van der Waals surface area contributed by atoms with Crippen molar-refractivity contribution in [2.45, 2.75) is 23.8 Å². The molecule has 1 N–H and O–H groups in total. The minimum atomic E-state index is -3.49. The molecule has 0 aromatic heterocycles. The highest BCUT2D eigenvalue weighted by molar-refractivity contribution is 7.89. The fourth-order valence-electron chi connectivity index (χ4n) is 3.09. The molecule has 1 saturated heterocycles. The molecule has 126 valence electrons. The van der Waals surface area contributed by atoms with Gasteiger partial charge >= 0.3 is 0 Å². The molecular weight excluding hydrogens is 324 g/mol. The van der Waals surface area contributed by atoms with Crippen LogP contribution in [0.15, 0.2) is 59.5 Å². The van der Waals surface area contributed by atoms with Crippen molar-refractivity contribution >= 4 is 15.9 Å². The number of hydrogen-bond donors (Lipinski definition) is 1. The fraction of sp³-hybridized carbons (Fsp3) is 0.278. The van der Waals surface area contributed by atoms with Crippen LogP contribution in [0.4, 0.5) is 0 Å². The quantitative estimate of drug-likeness (QED) is 0.927. The van der Waals surface area contributed by atoms with Crippen LogP contribution < -0.4 is 4.72 Å². The molecule has 2 aromatic rings. The zero-order valence-corrected chi connectivity index (χ0v) is 14.3. The van der Waals surface area contributed by atoms with E-state index in [1.54, 1.807) is 12.1 Å². The van der Waals surface area contributed by atoms with Crippen LogP contribution in [-0.2, 0) is 10.0 Å². The van der Waals surface area contributed by atoms with Gasteiger partial charge in [0, 0.05) is 12.1 Å². The molecule has 5 nitrogen and oxygen atoms in total. The van der Waals surface area contributed by atoms with Crippen LogP contribution in [0.5, 0.6) is 0 Å². The topological polar surface area (TPSA) is 66.5 Å². The molecule has 0 spiro atoms. The van der Waals surface area contributed by atoms with E-state index in [0.29, 0.717) is 5.56 Å². The lowest BCUT2D eigenvalue weighted by Gasteiger charge is -2.25. The second-order valence-corrected chi connectivity index (χ2v) is 7.69. The maximum Gasteiger partial charge on any atom is 0.254 e. The summed E-state index contributed by atoms with van der Waals surface area (Å²) in [6.07, 6.45) is 1.92. The molecule has 1 heterocycles. The van der Waals surface area contributed by atoms with Gasteiger partial charge < -0.3 is 4.90 Å². The van der Waals surface area contributed by atoms with Gasteiger partial charge in [0.1, 0.15) is 0 Å². The lowest BCUT2D eigenvalue weighted by molar-refractivity contribution is 0.0735. The maximum absolute atomic E-state index is 12.8. The number of amides is 1. The average Bonchev–Trinajstić information content (AvgIpc) is 3.11. The molecule has 3 rings (SSSR count). The molecule has 0 aliphatic carbocycles. The third-order valence-corrected chi connectivity index (χ3v) is 5.81. The van der Waals surface area contributed by atoms with E-state index >= 15 is 0 Å². The maximum atomic E-state index is 12.8. The number of carbonyl (C=O) groups is 1. The van der Waals surface area contributed by atoms with E-state index in [-0.39, 0.29) is 16.8 Å². The van der Waals surface area contributed by atoms with Crippen LogP contribution >= 0.6 is 0 Å². The Labute approximate surface area is 142 Å². The SMILES string of the molecule is CNS(=O)(=O)c1ccc(C(=O)N2CCCC2c2ccccc2)cc1. The molecule has 0 radical (unpaired) electrons. The first-order valence-corrected chi connectivity index (χ1v) is 9.41. The van der Waals surface area contributed by atoms with Crippen molar-refractivity contribution in [2.75, 3.05) is 13.6 Å². The van der Waals surface area contributed by atoms with E-state index < -0.39 is 10.0 Å². The molecule has 1 unspecified atom stereocenters. The summed E-state index contributed by atoms with van der Waals surface area (Å²) in [5, 5.41) is 0. The summed E-state index contributed by atoms with van der Waals surface area (Å²) in [7, 11) is -2.12. The van der Waals surface area contributed by atoms with Gasteiger partial charge in [0.25, 0.3) is 5.91 Å². The molecule has 24 heavy (non-hydrogen) atoms. The number of sulfonamides is 1. The Bertz CT molecular complexity index is 817. The van der Waals surface area contributed by atoms with Gasteiger partial charge in [-0.15, -0.1) is 0 Å². The zero-order chi connectivity index (χ0) is 17.2. The van der Waals surface area contributed by atoms with Crippen LogP contribution in [0.25, 0.3) is 0 Å². The first kappa shape index (κ1) is 16.7. The number of nitrogens with zero attached hydrogens (tertiary/aromatic N) is 1. The smallest absolute Gasteiger partial charge is 0.254 e. The molecular formula is C18H20N2O3S. The predicted octanol–water partition coefficient (Wildman–Crippen LogP) is 2.57. The molecule has 0 saturated carbocycles. The number of benzene rings is 2. The van der Waals surface area contributed by atoms with Crippen LogP contribution in [0.1, 0.15) is 34.8 Å². The summed E-state index contributed by atoms with van der Waals surface area (Å²) in [5.74, 6) is -0.0604. The van der Waals surface area contributed by atoms with E-state index in [1.807, 2.05) is 35.2 Å². The van der Waals surface area contributed by atoms with Crippen LogP contribution in [0, 0.1) is 0 Å². The average molecular weight is 344 g/mol. The molecule has 6 heteroatoms. The third-order valence-electron chi connectivity index (χ3n) is 4.38. The van der Waals surface area contributed by atoms with Gasteiger partial charge in [-0.05, 0) is 49.7 Å². The summed E-state index contributed by atoms with van der Waals surface area (Å²) in [4.78, 5) is 14.8. The third kappa shape index (κ3) is 3.20. The lowest BCUT2D eigenvalue weighted by Crippen LogP contribution is -2.30. The highest BCUT2D eigenvalue weighted by atomic mass is 32.2. The first-order chi connectivity index (χ1) is 11.5. The number of rotatable bonds is 4. The molecule has 1 atom stereocenters. The molecule has 1 amide bonds. The van der Waals surface area contributed by atoms with Crippen LogP contribution in [0.3, 0.4) is 0 Å². The second kappa shape index (κ2) is 6.75. The molecule has 0 bridgehead atoms. The molecule has 1 aliphatic rings. The van der Waals surface area contributed by atoms with Gasteiger partial charge in [0.2, 0.25) is 10.0 Å². The van der Waals surface area contributed by atoms with E-state index in [4.69, 9.17) is 0 Å². The minimum absolute atomic E-state index is 0.0604. The highest BCUT2D eigenvalue weighted by Gasteiger charge is 2.30. The monoisotopic (exact) mass is 344 g/mol. The first-order valence-electron chi connectivity index (χ1n) is 7.92. The Morgan fingerprint density at radius 1 is 1.08 bits per heavy atom.